The minimum atomic E-state index is -0.979. The van der Waals surface area contributed by atoms with Gasteiger partial charge in [0.05, 0.1) is 17.4 Å². The molecule has 1 heterocycles. The molecule has 1 unspecified atom stereocenters. The number of aliphatic carboxylic acids is 1. The minimum absolute atomic E-state index is 0.113. The van der Waals surface area contributed by atoms with Crippen LogP contribution >= 0.6 is 0 Å². The average Bonchev–Trinajstić information content (AvgIpc) is 2.27. The highest BCUT2D eigenvalue weighted by Gasteiger charge is 2.27. The van der Waals surface area contributed by atoms with Crippen molar-refractivity contribution in [2.24, 2.45) is 0 Å². The van der Waals surface area contributed by atoms with Crippen molar-refractivity contribution in [3.8, 4) is 5.75 Å². The van der Waals surface area contributed by atoms with Gasteiger partial charge in [-0.2, -0.15) is 0 Å². The van der Waals surface area contributed by atoms with E-state index in [1.165, 1.54) is 12.1 Å². The largest absolute Gasteiger partial charge is 0.489 e. The second-order valence-electron chi connectivity index (χ2n) is 3.66. The van der Waals surface area contributed by atoms with Crippen LogP contribution in [0.15, 0.2) is 18.2 Å². The predicted molar refractivity (Wildman–Crippen MR) is 58.3 cm³/mol. The smallest absolute Gasteiger partial charge is 0.305 e. The summed E-state index contributed by atoms with van der Waals surface area (Å²) in [5.74, 6) is -0.603. The third-order valence-corrected chi connectivity index (χ3v) is 2.41. The molecule has 0 aliphatic carbocycles. The lowest BCUT2D eigenvalue weighted by Crippen LogP contribution is -2.33. The first kappa shape index (κ1) is 11.2. The Morgan fingerprint density at radius 3 is 3.06 bits per heavy atom. The van der Waals surface area contributed by atoms with Crippen molar-refractivity contribution in [1.29, 1.82) is 0 Å². The lowest BCUT2D eigenvalue weighted by Gasteiger charge is -2.25. The molecule has 17 heavy (non-hydrogen) atoms. The molecular formula is C10H10N2O5. The highest BCUT2D eigenvalue weighted by Crippen LogP contribution is 2.37. The number of anilines is 1. The van der Waals surface area contributed by atoms with Gasteiger partial charge in [-0.3, -0.25) is 14.9 Å². The van der Waals surface area contributed by atoms with Crippen molar-refractivity contribution in [2.45, 2.75) is 12.5 Å². The van der Waals surface area contributed by atoms with Gasteiger partial charge in [-0.25, -0.2) is 0 Å². The molecule has 0 aromatic heterocycles. The van der Waals surface area contributed by atoms with Gasteiger partial charge in [0.15, 0.2) is 5.69 Å². The minimum Gasteiger partial charge on any atom is -0.489 e. The first-order valence-corrected chi connectivity index (χ1v) is 4.96. The van der Waals surface area contributed by atoms with Gasteiger partial charge in [0.1, 0.15) is 12.4 Å². The Hall–Kier alpha value is -2.31. The van der Waals surface area contributed by atoms with Crippen LogP contribution in [0.25, 0.3) is 0 Å². The van der Waals surface area contributed by atoms with E-state index < -0.39 is 16.9 Å². The van der Waals surface area contributed by atoms with Crippen molar-refractivity contribution in [2.75, 3.05) is 11.9 Å². The van der Waals surface area contributed by atoms with Crippen LogP contribution in [-0.4, -0.2) is 28.6 Å². The molecule has 0 saturated carbocycles. The third kappa shape index (κ3) is 2.27. The monoisotopic (exact) mass is 238 g/mol. The highest BCUT2D eigenvalue weighted by molar-refractivity contribution is 5.73. The van der Waals surface area contributed by atoms with E-state index in [0.717, 1.165) is 0 Å². The first-order chi connectivity index (χ1) is 8.08. The molecule has 0 radical (unpaired) electrons. The molecule has 0 fully saturated rings. The Kier molecular flexibility index (Phi) is 2.82. The molecular weight excluding hydrogens is 228 g/mol. The molecule has 1 aliphatic rings. The lowest BCUT2D eigenvalue weighted by molar-refractivity contribution is -0.384. The quantitative estimate of drug-likeness (QED) is 0.606. The number of nitrogens with zero attached hydrogens (tertiary/aromatic N) is 1. The van der Waals surface area contributed by atoms with Gasteiger partial charge in [0.25, 0.3) is 5.69 Å². The Bertz CT molecular complexity index is 474. The number of nitro benzene ring substituents is 1. The zero-order valence-electron chi connectivity index (χ0n) is 8.75. The van der Waals surface area contributed by atoms with Gasteiger partial charge < -0.3 is 15.2 Å². The topological polar surface area (TPSA) is 102 Å². The number of fused-ring (bicyclic) bond motifs is 1. The number of nitro groups is 1. The maximum absolute atomic E-state index is 10.8. The van der Waals surface area contributed by atoms with Crippen LogP contribution in [0.5, 0.6) is 5.75 Å². The van der Waals surface area contributed by atoms with Gasteiger partial charge in [-0.15, -0.1) is 0 Å². The van der Waals surface area contributed by atoms with Crippen molar-refractivity contribution in [3.05, 3.63) is 28.3 Å². The standard InChI is InChI=1S/C10H10N2O5/c13-9(14)4-6-5-17-8-3-1-2-7(12(15)16)10(8)11-6/h1-3,6,11H,4-5H2,(H,13,14). The number of nitrogens with one attached hydrogen (secondary N) is 1. The van der Waals surface area contributed by atoms with Gasteiger partial charge in [-0.1, -0.05) is 6.07 Å². The summed E-state index contributed by atoms with van der Waals surface area (Å²) in [4.78, 5) is 20.8. The Morgan fingerprint density at radius 1 is 1.65 bits per heavy atom. The molecule has 1 atom stereocenters. The van der Waals surface area contributed by atoms with Crippen LogP contribution in [0.2, 0.25) is 0 Å². The summed E-state index contributed by atoms with van der Waals surface area (Å²) in [5, 5.41) is 22.3. The summed E-state index contributed by atoms with van der Waals surface area (Å²) >= 11 is 0. The normalized spacial score (nSPS) is 17.5. The Morgan fingerprint density at radius 2 is 2.41 bits per heavy atom. The van der Waals surface area contributed by atoms with E-state index in [2.05, 4.69) is 5.32 Å². The number of hydrogen-bond donors (Lipinski definition) is 2. The number of para-hydroxylation sites is 1. The first-order valence-electron chi connectivity index (χ1n) is 4.96. The van der Waals surface area contributed by atoms with E-state index in [-0.39, 0.29) is 24.4 Å². The molecule has 1 aromatic rings. The van der Waals surface area contributed by atoms with E-state index >= 15 is 0 Å². The summed E-state index contributed by atoms with van der Waals surface area (Å²) in [5.41, 5.74) is 0.132. The lowest BCUT2D eigenvalue weighted by atomic mass is 10.1. The summed E-state index contributed by atoms with van der Waals surface area (Å²) < 4.78 is 5.30. The van der Waals surface area contributed by atoms with Crippen molar-refractivity contribution in [1.82, 2.24) is 0 Å². The van der Waals surface area contributed by atoms with Gasteiger partial charge >= 0.3 is 5.97 Å². The number of benzene rings is 1. The third-order valence-electron chi connectivity index (χ3n) is 2.41. The fourth-order valence-corrected chi connectivity index (χ4v) is 1.69. The molecule has 2 rings (SSSR count). The number of carboxylic acids is 1. The molecule has 0 saturated heterocycles. The van der Waals surface area contributed by atoms with Gasteiger partial charge in [-0.05, 0) is 6.07 Å². The van der Waals surface area contributed by atoms with Crippen LogP contribution in [0, 0.1) is 10.1 Å². The van der Waals surface area contributed by atoms with Gasteiger partial charge in [0.2, 0.25) is 0 Å². The number of carboxylic acid groups (broad SMARTS) is 1. The fourth-order valence-electron chi connectivity index (χ4n) is 1.69. The zero-order chi connectivity index (χ0) is 12.4. The van der Waals surface area contributed by atoms with Crippen LogP contribution in [-0.2, 0) is 4.79 Å². The molecule has 7 nitrogen and oxygen atoms in total. The Labute approximate surface area is 96.2 Å². The van der Waals surface area contributed by atoms with E-state index in [0.29, 0.717) is 5.75 Å². The Balaban J connectivity index is 2.28. The average molecular weight is 238 g/mol. The summed E-state index contributed by atoms with van der Waals surface area (Å²) in [6, 6.07) is 4.02. The second kappa shape index (κ2) is 4.28. The van der Waals surface area contributed by atoms with Crippen molar-refractivity contribution < 1.29 is 19.6 Å². The number of ether oxygens (including phenoxy) is 1. The molecule has 2 N–H and O–H groups in total. The molecule has 7 heteroatoms. The maximum atomic E-state index is 10.8. The number of carbonyl (C=O) groups is 1. The molecule has 1 aliphatic heterocycles. The molecule has 0 amide bonds. The predicted octanol–water partition coefficient (Wildman–Crippen LogP) is 1.24. The molecule has 0 spiro atoms. The molecule has 1 aromatic carbocycles. The van der Waals surface area contributed by atoms with Crippen LogP contribution < -0.4 is 10.1 Å². The van der Waals surface area contributed by atoms with Crippen molar-refractivity contribution >= 4 is 17.3 Å². The second-order valence-corrected chi connectivity index (χ2v) is 3.66. The van der Waals surface area contributed by atoms with Crippen LogP contribution in [0.3, 0.4) is 0 Å². The van der Waals surface area contributed by atoms with Crippen LogP contribution in [0.4, 0.5) is 11.4 Å². The highest BCUT2D eigenvalue weighted by atomic mass is 16.6. The molecule has 90 valence electrons. The van der Waals surface area contributed by atoms with E-state index in [1.54, 1.807) is 6.07 Å². The maximum Gasteiger partial charge on any atom is 0.305 e. The fraction of sp³-hybridized carbons (Fsp3) is 0.300. The summed E-state index contributed by atoms with van der Waals surface area (Å²) in [7, 11) is 0. The number of hydrogen-bond acceptors (Lipinski definition) is 5. The van der Waals surface area contributed by atoms with E-state index in [1.807, 2.05) is 0 Å². The summed E-state index contributed by atoms with van der Waals surface area (Å²) in [6.07, 6.45) is -0.147. The van der Waals surface area contributed by atoms with Crippen LogP contribution in [0.1, 0.15) is 6.42 Å². The number of rotatable bonds is 3. The molecule has 0 bridgehead atoms. The van der Waals surface area contributed by atoms with E-state index in [9.17, 15) is 14.9 Å². The van der Waals surface area contributed by atoms with Gasteiger partial charge in [0, 0.05) is 6.07 Å². The summed E-state index contributed by atoms with van der Waals surface area (Å²) in [6.45, 7) is 0.181. The SMILES string of the molecule is O=C(O)CC1COc2cccc([N+](=O)[O-])c2N1. The van der Waals surface area contributed by atoms with E-state index in [4.69, 9.17) is 9.84 Å². The van der Waals surface area contributed by atoms with Crippen molar-refractivity contribution in [3.63, 3.8) is 0 Å². The zero-order valence-corrected chi connectivity index (χ0v) is 8.75.